The predicted octanol–water partition coefficient (Wildman–Crippen LogP) is -0.756. The van der Waals surface area contributed by atoms with Crippen LogP contribution in [0.15, 0.2) is 11.2 Å². The first-order valence-electron chi connectivity index (χ1n) is 6.39. The fraction of sp³-hybridized carbons (Fsp3) is 0.727. The van der Waals surface area contributed by atoms with Gasteiger partial charge in [-0.05, 0) is 14.0 Å². The summed E-state index contributed by atoms with van der Waals surface area (Å²) >= 11 is 0. The monoisotopic (exact) mass is 287 g/mol. The molecule has 7 nitrogen and oxygen atoms in total. The molecule has 0 aromatic carbocycles. The average molecular weight is 287 g/mol. The van der Waals surface area contributed by atoms with Crippen LogP contribution >= 0.6 is 0 Å². The van der Waals surface area contributed by atoms with Crippen LogP contribution in [0.25, 0.3) is 0 Å². The second-order valence-electron chi connectivity index (χ2n) is 4.88. The number of aromatic amines is 1. The summed E-state index contributed by atoms with van der Waals surface area (Å²) in [6.07, 6.45) is 1.34. The standard InChI is InChI=1S/C11H21N5O2S/c1-10-12-9-11(14-10)19(17,18)13-3-4-16-7-5-15(2)6-8-16/h9,13H,3-8H2,1-2H3,(H,12,14). The van der Waals surface area contributed by atoms with Crippen molar-refractivity contribution in [2.45, 2.75) is 11.9 Å². The van der Waals surface area contributed by atoms with Crippen LogP contribution < -0.4 is 4.72 Å². The Balaban J connectivity index is 1.79. The molecule has 0 saturated carbocycles. The van der Waals surface area contributed by atoms with E-state index in [1.54, 1.807) is 6.92 Å². The van der Waals surface area contributed by atoms with E-state index in [-0.39, 0.29) is 5.03 Å². The van der Waals surface area contributed by atoms with Crippen LogP contribution in [0.1, 0.15) is 5.82 Å². The SMILES string of the molecule is Cc1ncc(S(=O)(=O)NCCN2CCN(C)CC2)[nH]1. The number of imidazole rings is 1. The lowest BCUT2D eigenvalue weighted by molar-refractivity contribution is 0.156. The summed E-state index contributed by atoms with van der Waals surface area (Å²) < 4.78 is 26.5. The smallest absolute Gasteiger partial charge is 0.257 e. The Kier molecular flexibility index (Phi) is 4.56. The first-order valence-corrected chi connectivity index (χ1v) is 7.88. The molecule has 1 fully saturated rings. The first-order chi connectivity index (χ1) is 8.97. The maximum Gasteiger partial charge on any atom is 0.257 e. The molecule has 2 heterocycles. The first kappa shape index (κ1) is 14.4. The molecule has 0 bridgehead atoms. The van der Waals surface area contributed by atoms with E-state index in [1.807, 2.05) is 0 Å². The summed E-state index contributed by atoms with van der Waals surface area (Å²) in [7, 11) is -1.36. The molecule has 1 aliphatic heterocycles. The number of rotatable bonds is 5. The maximum absolute atomic E-state index is 11.9. The number of hydrogen-bond donors (Lipinski definition) is 2. The number of sulfonamides is 1. The summed E-state index contributed by atoms with van der Waals surface area (Å²) in [6, 6.07) is 0. The molecule has 1 aromatic rings. The molecule has 0 unspecified atom stereocenters. The number of piperazine rings is 1. The third-order valence-corrected chi connectivity index (χ3v) is 4.66. The van der Waals surface area contributed by atoms with Crippen molar-refractivity contribution in [3.8, 4) is 0 Å². The average Bonchev–Trinajstić information content (AvgIpc) is 2.79. The number of nitrogens with one attached hydrogen (secondary N) is 2. The van der Waals surface area contributed by atoms with Gasteiger partial charge in [-0.2, -0.15) is 0 Å². The molecular weight excluding hydrogens is 266 g/mol. The van der Waals surface area contributed by atoms with E-state index in [0.29, 0.717) is 12.4 Å². The predicted molar refractivity (Wildman–Crippen MR) is 72.5 cm³/mol. The highest BCUT2D eigenvalue weighted by Gasteiger charge is 2.17. The lowest BCUT2D eigenvalue weighted by atomic mass is 10.3. The van der Waals surface area contributed by atoms with Crippen LogP contribution in [-0.4, -0.2) is 74.5 Å². The van der Waals surface area contributed by atoms with Gasteiger partial charge in [0.05, 0.1) is 6.20 Å². The Labute approximate surface area is 114 Å². The van der Waals surface area contributed by atoms with Crippen molar-refractivity contribution < 1.29 is 8.42 Å². The Morgan fingerprint density at radius 2 is 2.05 bits per heavy atom. The van der Waals surface area contributed by atoms with Crippen molar-refractivity contribution in [1.82, 2.24) is 24.5 Å². The second kappa shape index (κ2) is 6.00. The van der Waals surface area contributed by atoms with E-state index in [2.05, 4.69) is 31.5 Å². The van der Waals surface area contributed by atoms with Gasteiger partial charge in [-0.3, -0.25) is 4.90 Å². The fourth-order valence-electron chi connectivity index (χ4n) is 2.02. The lowest BCUT2D eigenvalue weighted by Gasteiger charge is -2.32. The molecule has 8 heteroatoms. The number of hydrogen-bond acceptors (Lipinski definition) is 5. The van der Waals surface area contributed by atoms with Gasteiger partial charge in [-0.25, -0.2) is 18.1 Å². The van der Waals surface area contributed by atoms with Gasteiger partial charge in [0.25, 0.3) is 10.0 Å². The normalized spacial score (nSPS) is 18.8. The Hall–Kier alpha value is -0.960. The van der Waals surface area contributed by atoms with Crippen LogP contribution in [0.5, 0.6) is 0 Å². The van der Waals surface area contributed by atoms with Gasteiger partial charge < -0.3 is 9.88 Å². The van der Waals surface area contributed by atoms with Gasteiger partial charge in [0, 0.05) is 39.3 Å². The van der Waals surface area contributed by atoms with E-state index in [9.17, 15) is 8.42 Å². The largest absolute Gasteiger partial charge is 0.332 e. The molecule has 0 aliphatic carbocycles. The molecule has 1 aliphatic rings. The van der Waals surface area contributed by atoms with Crippen LogP contribution in [0.3, 0.4) is 0 Å². The minimum Gasteiger partial charge on any atom is -0.332 e. The van der Waals surface area contributed by atoms with Crippen molar-refractivity contribution in [3.63, 3.8) is 0 Å². The number of aromatic nitrogens is 2. The van der Waals surface area contributed by atoms with Crippen LogP contribution in [-0.2, 0) is 10.0 Å². The summed E-state index contributed by atoms with van der Waals surface area (Å²) in [6.45, 7) is 6.93. The summed E-state index contributed by atoms with van der Waals surface area (Å²) in [5.41, 5.74) is 0. The topological polar surface area (TPSA) is 81.3 Å². The molecule has 2 rings (SSSR count). The van der Waals surface area contributed by atoms with Gasteiger partial charge in [0.2, 0.25) is 0 Å². The minimum absolute atomic E-state index is 0.128. The maximum atomic E-state index is 11.9. The molecule has 0 amide bonds. The molecule has 108 valence electrons. The van der Waals surface area contributed by atoms with Crippen molar-refractivity contribution in [2.75, 3.05) is 46.3 Å². The zero-order chi connectivity index (χ0) is 13.9. The zero-order valence-electron chi connectivity index (χ0n) is 11.4. The van der Waals surface area contributed by atoms with E-state index >= 15 is 0 Å². The number of nitrogens with zero attached hydrogens (tertiary/aromatic N) is 3. The quantitative estimate of drug-likeness (QED) is 0.744. The third-order valence-electron chi connectivity index (χ3n) is 3.29. The Morgan fingerprint density at radius 3 is 2.63 bits per heavy atom. The molecule has 19 heavy (non-hydrogen) atoms. The highest BCUT2D eigenvalue weighted by atomic mass is 32.2. The molecule has 0 spiro atoms. The van der Waals surface area contributed by atoms with E-state index in [1.165, 1.54) is 6.20 Å². The summed E-state index contributed by atoms with van der Waals surface area (Å²) in [4.78, 5) is 11.2. The number of H-pyrrole nitrogens is 1. The van der Waals surface area contributed by atoms with E-state index in [0.717, 1.165) is 32.7 Å². The lowest BCUT2D eigenvalue weighted by Crippen LogP contribution is -2.46. The third kappa shape index (κ3) is 4.00. The van der Waals surface area contributed by atoms with Gasteiger partial charge >= 0.3 is 0 Å². The van der Waals surface area contributed by atoms with E-state index in [4.69, 9.17) is 0 Å². The molecule has 0 atom stereocenters. The van der Waals surface area contributed by atoms with Crippen molar-refractivity contribution in [3.05, 3.63) is 12.0 Å². The van der Waals surface area contributed by atoms with Gasteiger partial charge in [-0.15, -0.1) is 0 Å². The van der Waals surface area contributed by atoms with Crippen LogP contribution in [0, 0.1) is 6.92 Å². The van der Waals surface area contributed by atoms with Crippen molar-refractivity contribution in [2.24, 2.45) is 0 Å². The number of likely N-dealkylation sites (N-methyl/N-ethyl adjacent to an activating group) is 1. The molecule has 1 aromatic heterocycles. The van der Waals surface area contributed by atoms with Crippen molar-refractivity contribution in [1.29, 1.82) is 0 Å². The van der Waals surface area contributed by atoms with Crippen molar-refractivity contribution >= 4 is 10.0 Å². The second-order valence-corrected chi connectivity index (χ2v) is 6.61. The van der Waals surface area contributed by atoms with Gasteiger partial charge in [0.15, 0.2) is 5.03 Å². The Bertz CT molecular complexity index is 505. The van der Waals surface area contributed by atoms with Gasteiger partial charge in [0.1, 0.15) is 5.82 Å². The highest BCUT2D eigenvalue weighted by molar-refractivity contribution is 7.89. The molecule has 1 saturated heterocycles. The van der Waals surface area contributed by atoms with Crippen LogP contribution in [0.4, 0.5) is 0 Å². The van der Waals surface area contributed by atoms with E-state index < -0.39 is 10.0 Å². The molecule has 2 N–H and O–H groups in total. The zero-order valence-corrected chi connectivity index (χ0v) is 12.2. The Morgan fingerprint density at radius 1 is 1.37 bits per heavy atom. The minimum atomic E-state index is -3.46. The highest BCUT2D eigenvalue weighted by Crippen LogP contribution is 2.04. The van der Waals surface area contributed by atoms with Crippen LogP contribution in [0.2, 0.25) is 0 Å². The molecular formula is C11H21N5O2S. The molecule has 0 radical (unpaired) electrons. The fourth-order valence-corrected chi connectivity index (χ4v) is 3.01. The summed E-state index contributed by atoms with van der Waals surface area (Å²) in [5.74, 6) is 0.597. The summed E-state index contributed by atoms with van der Waals surface area (Å²) in [5, 5.41) is 0.128. The number of aryl methyl sites for hydroxylation is 1. The van der Waals surface area contributed by atoms with Gasteiger partial charge in [-0.1, -0.05) is 0 Å².